The van der Waals surface area contributed by atoms with E-state index in [1.165, 1.54) is 12.8 Å². The number of hydrogen-bond acceptors (Lipinski definition) is 3. The van der Waals surface area contributed by atoms with E-state index in [2.05, 4.69) is 4.90 Å². The third kappa shape index (κ3) is 2.49. The van der Waals surface area contributed by atoms with E-state index < -0.39 is 5.97 Å². The van der Waals surface area contributed by atoms with Gasteiger partial charge in [0.1, 0.15) is 0 Å². The molecule has 1 heterocycles. The zero-order valence-electron chi connectivity index (χ0n) is 9.11. The first kappa shape index (κ1) is 10.9. The van der Waals surface area contributed by atoms with E-state index in [1.54, 1.807) is 0 Å². The van der Waals surface area contributed by atoms with Crippen molar-refractivity contribution in [1.29, 1.82) is 0 Å². The van der Waals surface area contributed by atoms with Crippen LogP contribution >= 0.6 is 0 Å². The van der Waals surface area contributed by atoms with Crippen LogP contribution < -0.4 is 5.73 Å². The van der Waals surface area contributed by atoms with Crippen LogP contribution in [0, 0.1) is 5.41 Å². The van der Waals surface area contributed by atoms with E-state index in [4.69, 9.17) is 10.8 Å². The zero-order chi connectivity index (χ0) is 10.9. The van der Waals surface area contributed by atoms with Crippen LogP contribution in [0.4, 0.5) is 0 Å². The average molecular weight is 212 g/mol. The fourth-order valence-electron chi connectivity index (χ4n) is 2.58. The molecule has 1 aliphatic heterocycles. The Kier molecular flexibility index (Phi) is 2.98. The molecule has 3 N–H and O–H groups in total. The second-order valence-corrected chi connectivity index (χ2v) is 5.04. The van der Waals surface area contributed by atoms with Crippen molar-refractivity contribution in [3.05, 3.63) is 0 Å². The number of carboxylic acids is 1. The normalized spacial score (nSPS) is 26.5. The topological polar surface area (TPSA) is 66.6 Å². The lowest BCUT2D eigenvalue weighted by molar-refractivity contribution is -0.140. The highest BCUT2D eigenvalue weighted by Crippen LogP contribution is 2.38. The number of hydrogen-bond donors (Lipinski definition) is 2. The summed E-state index contributed by atoms with van der Waals surface area (Å²) in [5.41, 5.74) is 5.61. The van der Waals surface area contributed by atoms with Gasteiger partial charge in [0.2, 0.25) is 0 Å². The Hall–Kier alpha value is -0.610. The monoisotopic (exact) mass is 212 g/mol. The molecule has 2 fully saturated rings. The lowest BCUT2D eigenvalue weighted by atomic mass is 9.75. The smallest absolute Gasteiger partial charge is 0.303 e. The van der Waals surface area contributed by atoms with Gasteiger partial charge >= 0.3 is 5.97 Å². The van der Waals surface area contributed by atoms with Crippen LogP contribution in [0.1, 0.15) is 32.1 Å². The molecule has 4 nitrogen and oxygen atoms in total. The second-order valence-electron chi connectivity index (χ2n) is 5.04. The minimum absolute atomic E-state index is 0.128. The molecule has 0 atom stereocenters. The van der Waals surface area contributed by atoms with Gasteiger partial charge in [-0.1, -0.05) is 0 Å². The summed E-state index contributed by atoms with van der Waals surface area (Å²) in [6.45, 7) is 2.59. The summed E-state index contributed by atoms with van der Waals surface area (Å²) in [6, 6.07) is 0.797. The van der Waals surface area contributed by atoms with Gasteiger partial charge in [0.05, 0.1) is 6.42 Å². The largest absolute Gasteiger partial charge is 0.481 e. The first-order valence-electron chi connectivity index (χ1n) is 5.81. The van der Waals surface area contributed by atoms with Crippen LogP contribution in [-0.4, -0.2) is 41.7 Å². The maximum atomic E-state index is 10.8. The van der Waals surface area contributed by atoms with Crippen molar-refractivity contribution in [3.8, 4) is 0 Å². The standard InChI is InChI=1S/C11H20N2O2/c12-8-11(7-10(14)15)3-5-13(6-4-11)9-1-2-9/h9H,1-8,12H2,(H,14,15). The van der Waals surface area contributed by atoms with Gasteiger partial charge in [-0.05, 0) is 50.7 Å². The molecule has 0 aromatic heterocycles. The molecule has 2 aliphatic rings. The Bertz CT molecular complexity index is 243. The van der Waals surface area contributed by atoms with Crippen molar-refractivity contribution in [2.24, 2.45) is 11.1 Å². The third-order valence-corrected chi connectivity index (χ3v) is 3.88. The number of carboxylic acid groups (broad SMARTS) is 1. The van der Waals surface area contributed by atoms with Gasteiger partial charge in [0.25, 0.3) is 0 Å². The van der Waals surface area contributed by atoms with Gasteiger partial charge < -0.3 is 15.7 Å². The Labute approximate surface area is 90.4 Å². The third-order valence-electron chi connectivity index (χ3n) is 3.88. The number of aliphatic carboxylic acids is 1. The molecule has 86 valence electrons. The molecule has 0 bridgehead atoms. The van der Waals surface area contributed by atoms with Crippen molar-refractivity contribution in [2.75, 3.05) is 19.6 Å². The SMILES string of the molecule is NCC1(CC(=O)O)CCN(C2CC2)CC1. The summed E-state index contributed by atoms with van der Waals surface area (Å²) in [6.07, 6.45) is 4.80. The van der Waals surface area contributed by atoms with Gasteiger partial charge in [-0.15, -0.1) is 0 Å². The van der Waals surface area contributed by atoms with Crippen LogP contribution in [0.2, 0.25) is 0 Å². The zero-order valence-corrected chi connectivity index (χ0v) is 9.11. The second kappa shape index (κ2) is 4.10. The van der Waals surface area contributed by atoms with Crippen molar-refractivity contribution >= 4 is 5.97 Å². The van der Waals surface area contributed by atoms with Crippen molar-refractivity contribution in [3.63, 3.8) is 0 Å². The molecule has 0 spiro atoms. The van der Waals surface area contributed by atoms with Crippen LogP contribution in [0.15, 0.2) is 0 Å². The van der Waals surface area contributed by atoms with Gasteiger partial charge in [-0.3, -0.25) is 4.79 Å². The number of nitrogens with two attached hydrogens (primary N) is 1. The van der Waals surface area contributed by atoms with Gasteiger partial charge in [-0.25, -0.2) is 0 Å². The molecular formula is C11H20N2O2. The average Bonchev–Trinajstić information content (AvgIpc) is 3.01. The summed E-state index contributed by atoms with van der Waals surface area (Å²) in [5, 5.41) is 8.88. The minimum atomic E-state index is -0.708. The van der Waals surface area contributed by atoms with Crippen molar-refractivity contribution < 1.29 is 9.90 Å². The van der Waals surface area contributed by atoms with Crippen LogP contribution in [-0.2, 0) is 4.79 Å². The van der Waals surface area contributed by atoms with Crippen LogP contribution in [0.25, 0.3) is 0 Å². The van der Waals surface area contributed by atoms with Crippen molar-refractivity contribution in [2.45, 2.75) is 38.1 Å². The molecule has 1 saturated heterocycles. The summed E-state index contributed by atoms with van der Waals surface area (Å²) in [5.74, 6) is -0.708. The molecule has 0 unspecified atom stereocenters. The number of nitrogens with zero attached hydrogens (tertiary/aromatic N) is 1. The summed E-state index contributed by atoms with van der Waals surface area (Å²) in [7, 11) is 0. The molecule has 1 saturated carbocycles. The predicted octanol–water partition coefficient (Wildman–Crippen LogP) is 0.664. The van der Waals surface area contributed by atoms with E-state index >= 15 is 0 Å². The van der Waals surface area contributed by atoms with E-state index in [-0.39, 0.29) is 11.8 Å². The maximum absolute atomic E-state index is 10.8. The van der Waals surface area contributed by atoms with E-state index in [9.17, 15) is 4.79 Å². The van der Waals surface area contributed by atoms with Crippen molar-refractivity contribution in [1.82, 2.24) is 4.90 Å². The van der Waals surface area contributed by atoms with Gasteiger partial charge in [0, 0.05) is 6.04 Å². The number of rotatable bonds is 4. The summed E-state index contributed by atoms with van der Waals surface area (Å²) < 4.78 is 0. The molecule has 0 radical (unpaired) electrons. The lowest BCUT2D eigenvalue weighted by Gasteiger charge is -2.40. The van der Waals surface area contributed by atoms with E-state index in [0.29, 0.717) is 6.54 Å². The van der Waals surface area contributed by atoms with Crippen LogP contribution in [0.3, 0.4) is 0 Å². The predicted molar refractivity (Wildman–Crippen MR) is 57.6 cm³/mol. The molecule has 0 amide bonds. The first-order valence-corrected chi connectivity index (χ1v) is 5.81. The Morgan fingerprint density at radius 1 is 1.40 bits per heavy atom. The fraction of sp³-hybridized carbons (Fsp3) is 0.909. The minimum Gasteiger partial charge on any atom is -0.481 e. The Morgan fingerprint density at radius 3 is 2.40 bits per heavy atom. The number of likely N-dealkylation sites (tertiary alicyclic amines) is 1. The summed E-state index contributed by atoms with van der Waals surface area (Å²) in [4.78, 5) is 13.3. The van der Waals surface area contributed by atoms with E-state index in [0.717, 1.165) is 32.0 Å². The molecule has 15 heavy (non-hydrogen) atoms. The molecule has 0 aromatic carbocycles. The summed E-state index contributed by atoms with van der Waals surface area (Å²) >= 11 is 0. The fourth-order valence-corrected chi connectivity index (χ4v) is 2.58. The first-order chi connectivity index (χ1) is 7.15. The van der Waals surface area contributed by atoms with Gasteiger partial charge in [0.15, 0.2) is 0 Å². The quantitative estimate of drug-likeness (QED) is 0.718. The molecule has 4 heteroatoms. The molecular weight excluding hydrogens is 192 g/mol. The van der Waals surface area contributed by atoms with Gasteiger partial charge in [-0.2, -0.15) is 0 Å². The number of piperidine rings is 1. The Morgan fingerprint density at radius 2 is 2.00 bits per heavy atom. The highest BCUT2D eigenvalue weighted by atomic mass is 16.4. The molecule has 0 aromatic rings. The molecule has 1 aliphatic carbocycles. The lowest BCUT2D eigenvalue weighted by Crippen LogP contribution is -2.45. The van der Waals surface area contributed by atoms with Crippen LogP contribution in [0.5, 0.6) is 0 Å². The number of carbonyl (C=O) groups is 1. The molecule has 2 rings (SSSR count). The van der Waals surface area contributed by atoms with E-state index in [1.807, 2.05) is 0 Å². The highest BCUT2D eigenvalue weighted by molar-refractivity contribution is 5.67. The highest BCUT2D eigenvalue weighted by Gasteiger charge is 2.39. The maximum Gasteiger partial charge on any atom is 0.303 e. The Balaban J connectivity index is 1.89.